The van der Waals surface area contributed by atoms with Crippen LogP contribution in [0.3, 0.4) is 0 Å². The number of benzene rings is 1. The summed E-state index contributed by atoms with van der Waals surface area (Å²) in [5, 5.41) is 0. The van der Waals surface area contributed by atoms with Gasteiger partial charge in [-0.2, -0.15) is 0 Å². The predicted octanol–water partition coefficient (Wildman–Crippen LogP) is 1.84. The van der Waals surface area contributed by atoms with Crippen molar-refractivity contribution >= 4 is 18.3 Å². The molecule has 2 N–H and O–H groups in total. The molecule has 1 aromatic rings. The van der Waals surface area contributed by atoms with E-state index in [4.69, 9.17) is 5.73 Å². The number of halogens is 2. The summed E-state index contributed by atoms with van der Waals surface area (Å²) >= 11 is 3.64. The maximum absolute atomic E-state index is 12.5. The first-order valence-corrected chi connectivity index (χ1v) is 3.00. The Morgan fingerprint density at radius 3 is 2.40 bits per heavy atom. The maximum Gasteiger partial charge on any atom is 0.174 e. The summed E-state index contributed by atoms with van der Waals surface area (Å²) in [5.41, 5.74) is 5.35. The normalized spacial score (nSPS) is 9.90. The third-order valence-electron chi connectivity index (χ3n) is 1.10. The molecule has 0 amide bonds. The highest BCUT2D eigenvalue weighted by Gasteiger charge is 2.06. The fourth-order valence-electron chi connectivity index (χ4n) is 0.555. The molecule has 1 rings (SSSR count). The summed E-state index contributed by atoms with van der Waals surface area (Å²) in [5.74, 6) is -1.93. The quantitative estimate of drug-likeness (QED) is 0.440. The van der Waals surface area contributed by atoms with Gasteiger partial charge in [-0.15, -0.1) is 12.6 Å². The Kier molecular flexibility index (Phi) is 1.80. The molecule has 0 aromatic heterocycles. The molecule has 0 aliphatic heterocycles. The highest BCUT2D eigenvalue weighted by molar-refractivity contribution is 7.80. The smallest absolute Gasteiger partial charge is 0.174 e. The van der Waals surface area contributed by atoms with Crippen LogP contribution in [0.15, 0.2) is 17.0 Å². The van der Waals surface area contributed by atoms with Gasteiger partial charge in [-0.25, -0.2) is 8.78 Å². The molecule has 0 aliphatic rings. The zero-order valence-electron chi connectivity index (χ0n) is 4.94. The number of nitrogen functional groups attached to an aromatic ring is 1. The lowest BCUT2D eigenvalue weighted by molar-refractivity contribution is 0.493. The van der Waals surface area contributed by atoms with E-state index in [1.807, 2.05) is 0 Å². The van der Waals surface area contributed by atoms with Gasteiger partial charge in [0, 0.05) is 5.69 Å². The molecule has 0 unspecified atom stereocenters. The van der Waals surface area contributed by atoms with Crippen molar-refractivity contribution < 1.29 is 8.78 Å². The fourth-order valence-corrected chi connectivity index (χ4v) is 0.736. The summed E-state index contributed by atoms with van der Waals surface area (Å²) in [7, 11) is 0. The van der Waals surface area contributed by atoms with Gasteiger partial charge >= 0.3 is 0 Å². The van der Waals surface area contributed by atoms with Gasteiger partial charge < -0.3 is 5.73 Å². The molecule has 10 heavy (non-hydrogen) atoms. The first-order chi connectivity index (χ1) is 4.63. The molecule has 0 saturated carbocycles. The van der Waals surface area contributed by atoms with Crippen molar-refractivity contribution in [2.24, 2.45) is 0 Å². The lowest BCUT2D eigenvalue weighted by atomic mass is 10.3. The number of hydrogen-bond donors (Lipinski definition) is 2. The Labute approximate surface area is 62.3 Å². The Morgan fingerprint density at radius 1 is 1.30 bits per heavy atom. The number of anilines is 1. The SMILES string of the molecule is Nc1ccc(F)c(F)c1S. The van der Waals surface area contributed by atoms with E-state index in [0.29, 0.717) is 0 Å². The van der Waals surface area contributed by atoms with Gasteiger partial charge in [-0.1, -0.05) is 0 Å². The molecule has 4 heteroatoms. The van der Waals surface area contributed by atoms with E-state index in [2.05, 4.69) is 12.6 Å². The van der Waals surface area contributed by atoms with Crippen LogP contribution in [0.4, 0.5) is 14.5 Å². The van der Waals surface area contributed by atoms with Crippen molar-refractivity contribution in [3.05, 3.63) is 23.8 Å². The van der Waals surface area contributed by atoms with Gasteiger partial charge in [-0.05, 0) is 12.1 Å². The predicted molar refractivity (Wildman–Crippen MR) is 38.0 cm³/mol. The molecule has 0 radical (unpaired) electrons. The average Bonchev–Trinajstić information content (AvgIpc) is 1.93. The van der Waals surface area contributed by atoms with E-state index in [1.165, 1.54) is 6.07 Å². The van der Waals surface area contributed by atoms with Crippen LogP contribution in [0, 0.1) is 11.6 Å². The Bertz CT molecular complexity index is 235. The summed E-state index contributed by atoms with van der Waals surface area (Å²) in [6.07, 6.45) is 0. The van der Waals surface area contributed by atoms with E-state index in [9.17, 15) is 8.78 Å². The minimum absolute atomic E-state index is 0.139. The molecule has 0 spiro atoms. The maximum atomic E-state index is 12.5. The second kappa shape index (κ2) is 2.46. The van der Waals surface area contributed by atoms with Crippen LogP contribution in [0.2, 0.25) is 0 Å². The monoisotopic (exact) mass is 161 g/mol. The van der Waals surface area contributed by atoms with Gasteiger partial charge in [-0.3, -0.25) is 0 Å². The Balaban J connectivity index is 3.34. The van der Waals surface area contributed by atoms with Crippen LogP contribution in [0.1, 0.15) is 0 Å². The lowest BCUT2D eigenvalue weighted by Crippen LogP contribution is -1.92. The van der Waals surface area contributed by atoms with Crippen molar-refractivity contribution in [2.45, 2.75) is 4.90 Å². The van der Waals surface area contributed by atoms with Gasteiger partial charge in [0.2, 0.25) is 0 Å². The molecule has 1 nitrogen and oxygen atoms in total. The zero-order chi connectivity index (χ0) is 7.72. The molecule has 1 aromatic carbocycles. The summed E-state index contributed by atoms with van der Waals surface area (Å²) in [4.78, 5) is -0.139. The zero-order valence-corrected chi connectivity index (χ0v) is 5.83. The minimum Gasteiger partial charge on any atom is -0.398 e. The standard InChI is InChI=1S/C6H5F2NS/c7-3-1-2-4(9)6(10)5(3)8/h1-2,10H,9H2. The van der Waals surface area contributed by atoms with Crippen LogP contribution < -0.4 is 5.73 Å². The van der Waals surface area contributed by atoms with E-state index in [1.54, 1.807) is 0 Å². The molecular formula is C6H5F2NS. The van der Waals surface area contributed by atoms with E-state index in [-0.39, 0.29) is 10.6 Å². The van der Waals surface area contributed by atoms with Crippen molar-refractivity contribution in [3.63, 3.8) is 0 Å². The Hall–Kier alpha value is -0.770. The minimum atomic E-state index is -0.997. The van der Waals surface area contributed by atoms with Crippen molar-refractivity contribution in [1.29, 1.82) is 0 Å². The largest absolute Gasteiger partial charge is 0.398 e. The van der Waals surface area contributed by atoms with E-state index in [0.717, 1.165) is 6.07 Å². The van der Waals surface area contributed by atoms with Gasteiger partial charge in [0.15, 0.2) is 11.6 Å². The Morgan fingerprint density at radius 2 is 1.90 bits per heavy atom. The second-order valence-corrected chi connectivity index (χ2v) is 2.25. The van der Waals surface area contributed by atoms with Gasteiger partial charge in [0.25, 0.3) is 0 Å². The number of nitrogens with two attached hydrogens (primary N) is 1. The molecule has 0 aliphatic carbocycles. The number of thiol groups is 1. The molecule has 0 bridgehead atoms. The first kappa shape index (κ1) is 7.34. The molecule has 0 atom stereocenters. The van der Waals surface area contributed by atoms with Gasteiger partial charge in [0.1, 0.15) is 0 Å². The summed E-state index contributed by atoms with van der Waals surface area (Å²) < 4.78 is 24.7. The summed E-state index contributed by atoms with van der Waals surface area (Å²) in [6, 6.07) is 2.23. The topological polar surface area (TPSA) is 26.0 Å². The molecule has 54 valence electrons. The third-order valence-corrected chi connectivity index (χ3v) is 1.55. The van der Waals surface area contributed by atoms with Gasteiger partial charge in [0.05, 0.1) is 4.90 Å². The van der Waals surface area contributed by atoms with Crippen molar-refractivity contribution in [3.8, 4) is 0 Å². The van der Waals surface area contributed by atoms with Crippen LogP contribution in [0.5, 0.6) is 0 Å². The molecule has 0 saturated heterocycles. The average molecular weight is 161 g/mol. The van der Waals surface area contributed by atoms with E-state index >= 15 is 0 Å². The highest BCUT2D eigenvalue weighted by atomic mass is 32.1. The van der Waals surface area contributed by atoms with Crippen molar-refractivity contribution in [2.75, 3.05) is 5.73 Å². The second-order valence-electron chi connectivity index (χ2n) is 1.80. The van der Waals surface area contributed by atoms with Crippen LogP contribution in [-0.2, 0) is 0 Å². The third kappa shape index (κ3) is 1.07. The molecular weight excluding hydrogens is 156 g/mol. The van der Waals surface area contributed by atoms with Crippen LogP contribution >= 0.6 is 12.6 Å². The van der Waals surface area contributed by atoms with E-state index < -0.39 is 11.6 Å². The fraction of sp³-hybridized carbons (Fsp3) is 0. The summed E-state index contributed by atoms with van der Waals surface area (Å²) in [6.45, 7) is 0. The van der Waals surface area contributed by atoms with Crippen LogP contribution in [0.25, 0.3) is 0 Å². The molecule has 0 heterocycles. The lowest BCUT2D eigenvalue weighted by Gasteiger charge is -1.99. The number of hydrogen-bond acceptors (Lipinski definition) is 2. The first-order valence-electron chi connectivity index (χ1n) is 2.55. The number of rotatable bonds is 0. The van der Waals surface area contributed by atoms with Crippen molar-refractivity contribution in [1.82, 2.24) is 0 Å². The highest BCUT2D eigenvalue weighted by Crippen LogP contribution is 2.21. The molecule has 0 fully saturated rings. The van der Waals surface area contributed by atoms with Crippen LogP contribution in [-0.4, -0.2) is 0 Å².